The molecular formula is C14H16N4O2. The molecule has 0 saturated heterocycles. The number of aliphatic hydroxyl groups is 1. The van der Waals surface area contributed by atoms with Crippen LogP contribution in [0, 0.1) is 0 Å². The molecule has 0 aliphatic heterocycles. The Kier molecular flexibility index (Phi) is 4.17. The highest BCUT2D eigenvalue weighted by Crippen LogP contribution is 2.15. The van der Waals surface area contributed by atoms with E-state index in [1.54, 1.807) is 36.4 Å². The standard InChI is InChI=1S/C14H16N4O2/c15-11-4-1-9(2-5-11)12(19)8-18-13-6-3-10(7-17-13)14(16)20/h1-7,12,19H,8,15H2,(H2,16,20)(H,17,18). The lowest BCUT2D eigenvalue weighted by molar-refractivity contribution is 0.1000. The summed E-state index contributed by atoms with van der Waals surface area (Å²) in [5, 5.41) is 13.0. The number of hydrogen-bond acceptors (Lipinski definition) is 5. The fourth-order valence-corrected chi connectivity index (χ4v) is 1.68. The Morgan fingerprint density at radius 1 is 1.25 bits per heavy atom. The molecule has 0 aliphatic rings. The van der Waals surface area contributed by atoms with Gasteiger partial charge in [-0.1, -0.05) is 12.1 Å². The van der Waals surface area contributed by atoms with Crippen LogP contribution in [-0.2, 0) is 0 Å². The third-order valence-electron chi connectivity index (χ3n) is 2.85. The Morgan fingerprint density at radius 2 is 1.95 bits per heavy atom. The molecule has 0 saturated carbocycles. The van der Waals surface area contributed by atoms with Gasteiger partial charge in [-0.15, -0.1) is 0 Å². The summed E-state index contributed by atoms with van der Waals surface area (Å²) in [4.78, 5) is 14.9. The third kappa shape index (κ3) is 3.46. The largest absolute Gasteiger partial charge is 0.399 e. The molecule has 0 aliphatic carbocycles. The summed E-state index contributed by atoms with van der Waals surface area (Å²) in [5.74, 6) is 0.0375. The molecule has 0 fully saturated rings. The number of aliphatic hydroxyl groups excluding tert-OH is 1. The van der Waals surface area contributed by atoms with Gasteiger partial charge in [0.2, 0.25) is 5.91 Å². The number of carbonyl (C=O) groups is 1. The Morgan fingerprint density at radius 3 is 2.50 bits per heavy atom. The van der Waals surface area contributed by atoms with Gasteiger partial charge in [0.15, 0.2) is 0 Å². The number of anilines is 2. The van der Waals surface area contributed by atoms with Crippen molar-refractivity contribution in [2.24, 2.45) is 5.73 Å². The zero-order valence-corrected chi connectivity index (χ0v) is 10.8. The van der Waals surface area contributed by atoms with Crippen LogP contribution >= 0.6 is 0 Å². The SMILES string of the molecule is NC(=O)c1ccc(NCC(O)c2ccc(N)cc2)nc1. The van der Waals surface area contributed by atoms with Crippen molar-refractivity contribution in [2.75, 3.05) is 17.6 Å². The zero-order valence-electron chi connectivity index (χ0n) is 10.8. The predicted octanol–water partition coefficient (Wildman–Crippen LogP) is 0.908. The monoisotopic (exact) mass is 272 g/mol. The van der Waals surface area contributed by atoms with E-state index in [9.17, 15) is 9.90 Å². The smallest absolute Gasteiger partial charge is 0.250 e. The topological polar surface area (TPSA) is 114 Å². The van der Waals surface area contributed by atoms with Crippen molar-refractivity contribution in [3.63, 3.8) is 0 Å². The number of hydrogen-bond donors (Lipinski definition) is 4. The summed E-state index contributed by atoms with van der Waals surface area (Å²) in [6.45, 7) is 0.298. The molecule has 1 aromatic heterocycles. The molecule has 1 atom stereocenters. The number of nitrogens with one attached hydrogen (secondary N) is 1. The molecular weight excluding hydrogens is 256 g/mol. The summed E-state index contributed by atoms with van der Waals surface area (Å²) < 4.78 is 0. The Labute approximate surface area is 116 Å². The molecule has 6 N–H and O–H groups in total. The minimum Gasteiger partial charge on any atom is -0.399 e. The molecule has 2 aromatic rings. The van der Waals surface area contributed by atoms with Gasteiger partial charge in [0, 0.05) is 18.4 Å². The van der Waals surface area contributed by atoms with Crippen molar-refractivity contribution in [3.8, 4) is 0 Å². The number of nitrogen functional groups attached to an aromatic ring is 1. The Balaban J connectivity index is 1.94. The summed E-state index contributed by atoms with van der Waals surface area (Å²) >= 11 is 0. The van der Waals surface area contributed by atoms with Crippen molar-refractivity contribution in [3.05, 3.63) is 53.7 Å². The lowest BCUT2D eigenvalue weighted by Crippen LogP contribution is -2.14. The third-order valence-corrected chi connectivity index (χ3v) is 2.85. The van der Waals surface area contributed by atoms with Gasteiger partial charge < -0.3 is 21.9 Å². The maximum Gasteiger partial charge on any atom is 0.250 e. The van der Waals surface area contributed by atoms with Crippen LogP contribution in [0.25, 0.3) is 0 Å². The average Bonchev–Trinajstić information content (AvgIpc) is 2.46. The number of benzene rings is 1. The van der Waals surface area contributed by atoms with Crippen molar-refractivity contribution < 1.29 is 9.90 Å². The Bertz CT molecular complexity index is 581. The maximum atomic E-state index is 10.9. The molecule has 104 valence electrons. The molecule has 20 heavy (non-hydrogen) atoms. The number of nitrogens with two attached hydrogens (primary N) is 2. The minimum absolute atomic E-state index is 0.298. The zero-order chi connectivity index (χ0) is 14.5. The summed E-state index contributed by atoms with van der Waals surface area (Å²) in [6.07, 6.45) is 0.716. The van der Waals surface area contributed by atoms with Crippen LogP contribution in [0.2, 0.25) is 0 Å². The summed E-state index contributed by atoms with van der Waals surface area (Å²) in [7, 11) is 0. The van der Waals surface area contributed by atoms with Crippen molar-refractivity contribution in [1.82, 2.24) is 4.98 Å². The number of rotatable bonds is 5. The van der Waals surface area contributed by atoms with E-state index in [1.807, 2.05) is 0 Å². The van der Waals surface area contributed by atoms with Crippen LogP contribution in [-0.4, -0.2) is 22.5 Å². The summed E-state index contributed by atoms with van der Waals surface area (Å²) in [5.41, 5.74) is 12.5. The van der Waals surface area contributed by atoms with Crippen molar-refractivity contribution in [1.29, 1.82) is 0 Å². The van der Waals surface area contributed by atoms with Crippen LogP contribution in [0.5, 0.6) is 0 Å². The van der Waals surface area contributed by atoms with Gasteiger partial charge in [-0.05, 0) is 29.8 Å². The fourth-order valence-electron chi connectivity index (χ4n) is 1.68. The van der Waals surface area contributed by atoms with Gasteiger partial charge in [0.05, 0.1) is 11.7 Å². The Hall–Kier alpha value is -2.60. The van der Waals surface area contributed by atoms with Crippen LogP contribution < -0.4 is 16.8 Å². The van der Waals surface area contributed by atoms with Crippen molar-refractivity contribution >= 4 is 17.4 Å². The van der Waals surface area contributed by atoms with E-state index in [1.165, 1.54) is 6.20 Å². The van der Waals surface area contributed by atoms with Gasteiger partial charge >= 0.3 is 0 Å². The van der Waals surface area contributed by atoms with Gasteiger partial charge in [-0.2, -0.15) is 0 Å². The average molecular weight is 272 g/mol. The van der Waals surface area contributed by atoms with E-state index in [0.29, 0.717) is 23.6 Å². The molecule has 6 nitrogen and oxygen atoms in total. The first-order valence-corrected chi connectivity index (χ1v) is 6.09. The molecule has 2 rings (SSSR count). The van der Waals surface area contributed by atoms with Crippen LogP contribution in [0.1, 0.15) is 22.0 Å². The second-order valence-corrected chi connectivity index (χ2v) is 4.36. The highest BCUT2D eigenvalue weighted by Gasteiger charge is 2.07. The number of nitrogens with zero attached hydrogens (tertiary/aromatic N) is 1. The lowest BCUT2D eigenvalue weighted by Gasteiger charge is -2.13. The van der Waals surface area contributed by atoms with E-state index >= 15 is 0 Å². The minimum atomic E-state index is -0.673. The number of carbonyl (C=O) groups excluding carboxylic acids is 1. The predicted molar refractivity (Wildman–Crippen MR) is 77.1 cm³/mol. The number of pyridine rings is 1. The highest BCUT2D eigenvalue weighted by atomic mass is 16.3. The molecule has 1 amide bonds. The van der Waals surface area contributed by atoms with Crippen LogP contribution in [0.15, 0.2) is 42.6 Å². The second-order valence-electron chi connectivity index (χ2n) is 4.36. The number of aromatic nitrogens is 1. The highest BCUT2D eigenvalue weighted by molar-refractivity contribution is 5.92. The van der Waals surface area contributed by atoms with Gasteiger partial charge in [-0.3, -0.25) is 4.79 Å². The first-order valence-electron chi connectivity index (χ1n) is 6.09. The fraction of sp³-hybridized carbons (Fsp3) is 0.143. The van der Waals surface area contributed by atoms with E-state index in [2.05, 4.69) is 10.3 Å². The van der Waals surface area contributed by atoms with Crippen molar-refractivity contribution in [2.45, 2.75) is 6.10 Å². The van der Waals surface area contributed by atoms with Gasteiger partial charge in [-0.25, -0.2) is 4.98 Å². The van der Waals surface area contributed by atoms with E-state index in [0.717, 1.165) is 5.56 Å². The molecule has 6 heteroatoms. The number of primary amides is 1. The maximum absolute atomic E-state index is 10.9. The molecule has 0 radical (unpaired) electrons. The molecule has 1 unspecified atom stereocenters. The summed E-state index contributed by atoms with van der Waals surface area (Å²) in [6, 6.07) is 10.2. The quantitative estimate of drug-likeness (QED) is 0.604. The van der Waals surface area contributed by atoms with E-state index in [4.69, 9.17) is 11.5 Å². The van der Waals surface area contributed by atoms with E-state index in [-0.39, 0.29) is 0 Å². The second kappa shape index (κ2) is 6.03. The van der Waals surface area contributed by atoms with Crippen LogP contribution in [0.4, 0.5) is 11.5 Å². The first-order chi connectivity index (χ1) is 9.56. The number of amides is 1. The normalized spacial score (nSPS) is 11.8. The molecule has 0 spiro atoms. The van der Waals surface area contributed by atoms with Crippen LogP contribution in [0.3, 0.4) is 0 Å². The first kappa shape index (κ1) is 13.8. The lowest BCUT2D eigenvalue weighted by atomic mass is 10.1. The molecule has 1 heterocycles. The van der Waals surface area contributed by atoms with Gasteiger partial charge in [0.1, 0.15) is 5.82 Å². The van der Waals surface area contributed by atoms with Gasteiger partial charge in [0.25, 0.3) is 0 Å². The van der Waals surface area contributed by atoms with E-state index < -0.39 is 12.0 Å². The molecule has 1 aromatic carbocycles. The molecule has 0 bridgehead atoms.